The maximum atomic E-state index is 5.49. The molecule has 4 heteroatoms. The molecule has 0 aliphatic carbocycles. The molecule has 1 atom stereocenters. The lowest BCUT2D eigenvalue weighted by Crippen LogP contribution is -2.19. The maximum Gasteiger partial charge on any atom is 0.124 e. The number of nitrogens with one attached hydrogen (secondary N) is 1. The molecule has 1 N–H and O–H groups in total. The molecule has 0 aromatic heterocycles. The topological polar surface area (TPSA) is 21.3 Å². The normalized spacial score (nSPS) is 12.2. The number of hydrogen-bond acceptors (Lipinski definition) is 2. The van der Waals surface area contributed by atoms with Gasteiger partial charge in [-0.3, -0.25) is 0 Å². The van der Waals surface area contributed by atoms with Gasteiger partial charge in [0.2, 0.25) is 0 Å². The Labute approximate surface area is 142 Å². The largest absolute Gasteiger partial charge is 0.496 e. The third-order valence-corrected chi connectivity index (χ3v) is 4.48. The Balaban J connectivity index is 2.26. The smallest absolute Gasteiger partial charge is 0.124 e. The van der Waals surface area contributed by atoms with E-state index in [-0.39, 0.29) is 6.04 Å². The van der Waals surface area contributed by atoms with Gasteiger partial charge in [0.15, 0.2) is 0 Å². The Morgan fingerprint density at radius 2 is 1.90 bits per heavy atom. The summed E-state index contributed by atoms with van der Waals surface area (Å²) in [5, 5.41) is 3.38. The zero-order valence-electron chi connectivity index (χ0n) is 11.5. The summed E-state index contributed by atoms with van der Waals surface area (Å²) in [6, 6.07) is 15.0. The molecular formula is C16H17BrINO. The second kappa shape index (κ2) is 7.43. The average molecular weight is 446 g/mol. The van der Waals surface area contributed by atoms with E-state index in [9.17, 15) is 0 Å². The lowest BCUT2D eigenvalue weighted by Gasteiger charge is -2.20. The third-order valence-electron chi connectivity index (χ3n) is 3.27. The van der Waals surface area contributed by atoms with Gasteiger partial charge < -0.3 is 10.1 Å². The Morgan fingerprint density at radius 1 is 1.20 bits per heavy atom. The van der Waals surface area contributed by atoms with Gasteiger partial charge in [-0.05, 0) is 65.9 Å². The van der Waals surface area contributed by atoms with E-state index in [0.717, 1.165) is 16.6 Å². The van der Waals surface area contributed by atoms with Crippen molar-refractivity contribution in [1.82, 2.24) is 5.32 Å². The van der Waals surface area contributed by atoms with E-state index in [1.165, 1.54) is 14.7 Å². The van der Waals surface area contributed by atoms with Crippen molar-refractivity contribution in [2.75, 3.05) is 14.2 Å². The number of rotatable bonds is 5. The molecule has 0 saturated heterocycles. The van der Waals surface area contributed by atoms with Crippen LogP contribution in [0.5, 0.6) is 5.75 Å². The molecule has 0 heterocycles. The van der Waals surface area contributed by atoms with Crippen LogP contribution in [0.25, 0.3) is 0 Å². The highest BCUT2D eigenvalue weighted by atomic mass is 127. The van der Waals surface area contributed by atoms with Crippen molar-refractivity contribution < 1.29 is 4.74 Å². The van der Waals surface area contributed by atoms with E-state index in [4.69, 9.17) is 4.74 Å². The van der Waals surface area contributed by atoms with Crippen molar-refractivity contribution in [3.8, 4) is 5.75 Å². The number of hydrogen-bond donors (Lipinski definition) is 1. The molecular weight excluding hydrogens is 429 g/mol. The number of ether oxygens (including phenoxy) is 1. The first-order valence-electron chi connectivity index (χ1n) is 6.39. The molecule has 0 amide bonds. The predicted octanol–water partition coefficient (Wildman–Crippen LogP) is 4.57. The minimum atomic E-state index is 0.234. The first-order valence-corrected chi connectivity index (χ1v) is 8.26. The fourth-order valence-electron chi connectivity index (χ4n) is 2.20. The monoisotopic (exact) mass is 445 g/mol. The van der Waals surface area contributed by atoms with Crippen LogP contribution >= 0.6 is 38.5 Å². The zero-order chi connectivity index (χ0) is 14.5. The molecule has 0 aliphatic rings. The Kier molecular flexibility index (Phi) is 5.86. The molecule has 0 saturated carbocycles. The Morgan fingerprint density at radius 3 is 2.50 bits per heavy atom. The van der Waals surface area contributed by atoms with E-state index in [0.29, 0.717) is 0 Å². The van der Waals surface area contributed by atoms with Gasteiger partial charge in [-0.1, -0.05) is 34.1 Å². The summed E-state index contributed by atoms with van der Waals surface area (Å²) in [5.41, 5.74) is 2.49. The molecule has 1 unspecified atom stereocenters. The lowest BCUT2D eigenvalue weighted by atomic mass is 9.98. The van der Waals surface area contributed by atoms with Gasteiger partial charge in [0.05, 0.1) is 7.11 Å². The summed E-state index contributed by atoms with van der Waals surface area (Å²) in [5.74, 6) is 0.907. The number of benzene rings is 2. The van der Waals surface area contributed by atoms with E-state index >= 15 is 0 Å². The third kappa shape index (κ3) is 3.96. The summed E-state index contributed by atoms with van der Waals surface area (Å²) < 4.78 is 7.78. The molecule has 0 aliphatic heterocycles. The van der Waals surface area contributed by atoms with Crippen molar-refractivity contribution >= 4 is 38.5 Å². The second-order valence-corrected chi connectivity index (χ2v) is 6.72. The summed E-state index contributed by atoms with van der Waals surface area (Å²) in [7, 11) is 3.70. The van der Waals surface area contributed by atoms with Gasteiger partial charge in [-0.25, -0.2) is 0 Å². The van der Waals surface area contributed by atoms with Gasteiger partial charge >= 0.3 is 0 Å². The van der Waals surface area contributed by atoms with Gasteiger partial charge in [-0.15, -0.1) is 0 Å². The van der Waals surface area contributed by atoms with Crippen molar-refractivity contribution in [1.29, 1.82) is 0 Å². The van der Waals surface area contributed by atoms with Crippen LogP contribution in [0.2, 0.25) is 0 Å². The minimum Gasteiger partial charge on any atom is -0.496 e. The molecule has 2 rings (SSSR count). The SMILES string of the molecule is CNC(Cc1ccc(I)cc1)c1ccc(Br)cc1OC. The van der Waals surface area contributed by atoms with Crippen LogP contribution < -0.4 is 10.1 Å². The van der Waals surface area contributed by atoms with Crippen molar-refractivity contribution in [3.63, 3.8) is 0 Å². The molecule has 0 fully saturated rings. The minimum absolute atomic E-state index is 0.234. The molecule has 0 bridgehead atoms. The van der Waals surface area contributed by atoms with Crippen LogP contribution in [0.4, 0.5) is 0 Å². The maximum absolute atomic E-state index is 5.49. The first-order chi connectivity index (χ1) is 9.63. The Hall–Kier alpha value is -0.590. The highest BCUT2D eigenvalue weighted by Gasteiger charge is 2.15. The van der Waals surface area contributed by atoms with Crippen LogP contribution in [-0.4, -0.2) is 14.2 Å². The van der Waals surface area contributed by atoms with E-state index < -0.39 is 0 Å². The van der Waals surface area contributed by atoms with Gasteiger partial charge in [0, 0.05) is 19.6 Å². The summed E-state index contributed by atoms with van der Waals surface area (Å²) in [4.78, 5) is 0. The van der Waals surface area contributed by atoms with E-state index in [2.05, 4.69) is 80.2 Å². The predicted molar refractivity (Wildman–Crippen MR) is 95.4 cm³/mol. The fraction of sp³-hybridized carbons (Fsp3) is 0.250. The lowest BCUT2D eigenvalue weighted by molar-refractivity contribution is 0.401. The number of methoxy groups -OCH3 is 1. The molecule has 2 aromatic rings. The van der Waals surface area contributed by atoms with Crippen molar-refractivity contribution in [2.45, 2.75) is 12.5 Å². The highest BCUT2D eigenvalue weighted by molar-refractivity contribution is 14.1. The summed E-state index contributed by atoms with van der Waals surface area (Å²) in [6.45, 7) is 0. The zero-order valence-corrected chi connectivity index (χ0v) is 15.2. The van der Waals surface area contributed by atoms with Crippen LogP contribution in [0.3, 0.4) is 0 Å². The van der Waals surface area contributed by atoms with E-state index in [1.54, 1.807) is 7.11 Å². The second-order valence-electron chi connectivity index (χ2n) is 4.56. The van der Waals surface area contributed by atoms with E-state index in [1.807, 2.05) is 13.1 Å². The number of likely N-dealkylation sites (N-methyl/N-ethyl adjacent to an activating group) is 1. The van der Waals surface area contributed by atoms with Crippen molar-refractivity contribution in [2.24, 2.45) is 0 Å². The summed E-state index contributed by atoms with van der Waals surface area (Å²) >= 11 is 5.81. The van der Waals surface area contributed by atoms with Crippen LogP contribution in [0.1, 0.15) is 17.2 Å². The first kappa shape index (κ1) is 15.8. The highest BCUT2D eigenvalue weighted by Crippen LogP contribution is 2.30. The summed E-state index contributed by atoms with van der Waals surface area (Å²) in [6.07, 6.45) is 0.936. The molecule has 0 radical (unpaired) electrons. The molecule has 2 aromatic carbocycles. The van der Waals surface area contributed by atoms with Gasteiger partial charge in [-0.2, -0.15) is 0 Å². The van der Waals surface area contributed by atoms with Crippen molar-refractivity contribution in [3.05, 3.63) is 61.6 Å². The Bertz CT molecular complexity index is 571. The molecule has 2 nitrogen and oxygen atoms in total. The molecule has 0 spiro atoms. The average Bonchev–Trinajstić information content (AvgIpc) is 2.47. The van der Waals surface area contributed by atoms with Gasteiger partial charge in [0.25, 0.3) is 0 Å². The van der Waals surface area contributed by atoms with Crippen LogP contribution in [0, 0.1) is 3.57 Å². The van der Waals surface area contributed by atoms with Gasteiger partial charge in [0.1, 0.15) is 5.75 Å². The van der Waals surface area contributed by atoms with Crippen LogP contribution in [0.15, 0.2) is 46.9 Å². The standard InChI is InChI=1S/C16H17BrINO/c1-19-15(9-11-3-6-13(18)7-4-11)14-8-5-12(17)10-16(14)20-2/h3-8,10,15,19H,9H2,1-2H3. The fourth-order valence-corrected chi connectivity index (χ4v) is 2.90. The molecule has 20 heavy (non-hydrogen) atoms. The van der Waals surface area contributed by atoms with Crippen LogP contribution in [-0.2, 0) is 6.42 Å². The number of halogens is 2. The quantitative estimate of drug-likeness (QED) is 0.681. The molecule has 106 valence electrons.